The fourth-order valence-corrected chi connectivity index (χ4v) is 1.21. The van der Waals surface area contributed by atoms with Crippen LogP contribution in [0.5, 0.6) is 5.75 Å². The minimum absolute atomic E-state index is 0.0422. The van der Waals surface area contributed by atoms with Crippen molar-refractivity contribution in [1.29, 1.82) is 0 Å². The molecular weight excluding hydrogens is 254 g/mol. The molecule has 1 aromatic carbocycles. The zero-order valence-corrected chi connectivity index (χ0v) is 9.14. The lowest BCUT2D eigenvalue weighted by Crippen LogP contribution is -1.94. The van der Waals surface area contributed by atoms with Crippen LogP contribution in [0.4, 0.5) is 8.78 Å². The number of methoxy groups -OCH3 is 1. The number of hydrogen-bond acceptors (Lipinski definition) is 1. The van der Waals surface area contributed by atoms with Gasteiger partial charge in [0, 0.05) is 10.9 Å². The zero-order chi connectivity index (χ0) is 10.6. The highest BCUT2D eigenvalue weighted by molar-refractivity contribution is 9.09. The molecule has 0 amide bonds. The summed E-state index contributed by atoms with van der Waals surface area (Å²) in [6.07, 6.45) is 2.99. The van der Waals surface area contributed by atoms with Crippen molar-refractivity contribution < 1.29 is 13.5 Å². The molecule has 4 heteroatoms. The summed E-state index contributed by atoms with van der Waals surface area (Å²) in [6, 6.07) is 2.44. The van der Waals surface area contributed by atoms with Crippen LogP contribution in [-0.2, 0) is 0 Å². The van der Waals surface area contributed by atoms with E-state index in [4.69, 9.17) is 4.74 Å². The Morgan fingerprint density at radius 3 is 2.71 bits per heavy atom. The Morgan fingerprint density at radius 2 is 2.14 bits per heavy atom. The summed E-state index contributed by atoms with van der Waals surface area (Å²) in [4.78, 5) is 0. The van der Waals surface area contributed by atoms with E-state index >= 15 is 0 Å². The van der Waals surface area contributed by atoms with Crippen LogP contribution in [0.3, 0.4) is 0 Å². The maximum atomic E-state index is 13.4. The molecular formula is C10H9BrF2O. The predicted molar refractivity (Wildman–Crippen MR) is 55.7 cm³/mol. The van der Waals surface area contributed by atoms with Crippen molar-refractivity contribution in [3.8, 4) is 5.75 Å². The Balaban J connectivity index is 3.18. The number of alkyl halides is 1. The Labute approximate surface area is 89.5 Å². The van der Waals surface area contributed by atoms with Crippen molar-refractivity contribution in [2.75, 3.05) is 12.4 Å². The molecule has 0 radical (unpaired) electrons. The molecule has 0 spiro atoms. The van der Waals surface area contributed by atoms with E-state index in [1.165, 1.54) is 25.3 Å². The van der Waals surface area contributed by atoms with Gasteiger partial charge >= 0.3 is 0 Å². The summed E-state index contributed by atoms with van der Waals surface area (Å²) in [5.74, 6) is -1.23. The highest BCUT2D eigenvalue weighted by Crippen LogP contribution is 2.23. The molecule has 0 unspecified atom stereocenters. The van der Waals surface area contributed by atoms with Crippen molar-refractivity contribution in [3.05, 3.63) is 35.4 Å². The highest BCUT2D eigenvalue weighted by Gasteiger charge is 2.10. The lowest BCUT2D eigenvalue weighted by Gasteiger charge is -2.04. The molecule has 1 aromatic rings. The number of ether oxygens (including phenoxy) is 1. The van der Waals surface area contributed by atoms with E-state index in [0.717, 1.165) is 0 Å². The van der Waals surface area contributed by atoms with Crippen molar-refractivity contribution in [1.82, 2.24) is 0 Å². The van der Waals surface area contributed by atoms with Gasteiger partial charge in [0.2, 0.25) is 0 Å². The zero-order valence-electron chi connectivity index (χ0n) is 7.56. The summed E-state index contributed by atoms with van der Waals surface area (Å²) in [5.41, 5.74) is -0.0798. The van der Waals surface area contributed by atoms with Crippen LogP contribution in [0.1, 0.15) is 5.56 Å². The highest BCUT2D eigenvalue weighted by atomic mass is 79.9. The first-order valence-electron chi connectivity index (χ1n) is 3.95. The summed E-state index contributed by atoms with van der Waals surface area (Å²) in [6.45, 7) is 0. The summed E-state index contributed by atoms with van der Waals surface area (Å²) in [7, 11) is 1.34. The number of allylic oxidation sites excluding steroid dienone is 1. The first kappa shape index (κ1) is 11.2. The molecule has 0 bridgehead atoms. The number of halogens is 3. The largest absolute Gasteiger partial charge is 0.494 e. The molecule has 1 nitrogen and oxygen atoms in total. The predicted octanol–water partition coefficient (Wildman–Crippen LogP) is 3.38. The topological polar surface area (TPSA) is 9.23 Å². The first-order valence-corrected chi connectivity index (χ1v) is 5.07. The van der Waals surface area contributed by atoms with Crippen LogP contribution in [0.25, 0.3) is 6.08 Å². The number of rotatable bonds is 3. The summed E-state index contributed by atoms with van der Waals surface area (Å²) in [5, 5.41) is 0.545. The normalized spacial score (nSPS) is 10.9. The molecule has 0 aliphatic heterocycles. The molecule has 76 valence electrons. The van der Waals surface area contributed by atoms with E-state index in [-0.39, 0.29) is 11.3 Å². The Morgan fingerprint density at radius 1 is 1.43 bits per heavy atom. The summed E-state index contributed by atoms with van der Waals surface area (Å²) >= 11 is 3.13. The maximum absolute atomic E-state index is 13.4. The minimum Gasteiger partial charge on any atom is -0.494 e. The van der Waals surface area contributed by atoms with Gasteiger partial charge in [0.1, 0.15) is 5.82 Å². The second-order valence-corrected chi connectivity index (χ2v) is 3.18. The molecule has 0 saturated carbocycles. The second kappa shape index (κ2) is 5.10. The SMILES string of the molecule is COc1ccc(F)c(C=CCBr)c1F. The molecule has 0 fully saturated rings. The smallest absolute Gasteiger partial charge is 0.175 e. The Kier molecular flexibility index (Phi) is 4.07. The molecule has 0 aromatic heterocycles. The fourth-order valence-electron chi connectivity index (χ4n) is 1.02. The van der Waals surface area contributed by atoms with Gasteiger partial charge in [0.15, 0.2) is 11.6 Å². The third-order valence-electron chi connectivity index (χ3n) is 1.68. The minimum atomic E-state index is -0.676. The average Bonchev–Trinajstić information content (AvgIpc) is 2.18. The van der Waals surface area contributed by atoms with Crippen molar-refractivity contribution in [2.45, 2.75) is 0 Å². The van der Waals surface area contributed by atoms with Crippen molar-refractivity contribution in [3.63, 3.8) is 0 Å². The van der Waals surface area contributed by atoms with Crippen LogP contribution in [-0.4, -0.2) is 12.4 Å². The van der Waals surface area contributed by atoms with E-state index in [1.54, 1.807) is 6.08 Å². The van der Waals surface area contributed by atoms with Crippen molar-refractivity contribution in [2.24, 2.45) is 0 Å². The molecule has 0 heterocycles. The lowest BCUT2D eigenvalue weighted by atomic mass is 10.1. The maximum Gasteiger partial charge on any atom is 0.175 e. The Bertz CT molecular complexity index is 350. The van der Waals surface area contributed by atoms with Gasteiger partial charge in [-0.25, -0.2) is 8.78 Å². The van der Waals surface area contributed by atoms with E-state index < -0.39 is 11.6 Å². The van der Waals surface area contributed by atoms with Gasteiger partial charge in [-0.2, -0.15) is 0 Å². The number of benzene rings is 1. The lowest BCUT2D eigenvalue weighted by molar-refractivity contribution is 0.383. The van der Waals surface area contributed by atoms with Crippen molar-refractivity contribution >= 4 is 22.0 Å². The van der Waals surface area contributed by atoms with Gasteiger partial charge < -0.3 is 4.74 Å². The van der Waals surface area contributed by atoms with E-state index in [1.807, 2.05) is 0 Å². The standard InChI is InChI=1S/C10H9BrF2O/c1-14-9-5-4-8(12)7(10(9)13)3-2-6-11/h2-5H,6H2,1H3. The van der Waals surface area contributed by atoms with Gasteiger partial charge in [-0.05, 0) is 12.1 Å². The van der Waals surface area contributed by atoms with Crippen LogP contribution in [0.2, 0.25) is 0 Å². The van der Waals surface area contributed by atoms with Gasteiger partial charge in [0.05, 0.1) is 7.11 Å². The van der Waals surface area contributed by atoms with Gasteiger partial charge in [-0.15, -0.1) is 0 Å². The van der Waals surface area contributed by atoms with E-state index in [9.17, 15) is 8.78 Å². The third kappa shape index (κ3) is 2.32. The molecule has 0 aliphatic carbocycles. The number of hydrogen-bond donors (Lipinski definition) is 0. The first-order chi connectivity index (χ1) is 6.70. The monoisotopic (exact) mass is 262 g/mol. The van der Waals surface area contributed by atoms with Crippen LogP contribution in [0, 0.1) is 11.6 Å². The van der Waals surface area contributed by atoms with Crippen LogP contribution >= 0.6 is 15.9 Å². The Hall–Kier alpha value is -0.900. The average molecular weight is 263 g/mol. The molecule has 0 N–H and O–H groups in total. The third-order valence-corrected chi connectivity index (χ3v) is 2.06. The molecule has 14 heavy (non-hydrogen) atoms. The van der Waals surface area contributed by atoms with Gasteiger partial charge in [0.25, 0.3) is 0 Å². The van der Waals surface area contributed by atoms with Crippen LogP contribution in [0.15, 0.2) is 18.2 Å². The summed E-state index contributed by atoms with van der Waals surface area (Å²) < 4.78 is 31.3. The van der Waals surface area contributed by atoms with Crippen LogP contribution < -0.4 is 4.74 Å². The quantitative estimate of drug-likeness (QED) is 0.759. The molecule has 1 rings (SSSR count). The molecule has 0 saturated heterocycles. The van der Waals surface area contributed by atoms with Gasteiger partial charge in [-0.3, -0.25) is 0 Å². The van der Waals surface area contributed by atoms with E-state index in [2.05, 4.69) is 15.9 Å². The van der Waals surface area contributed by atoms with Gasteiger partial charge in [-0.1, -0.05) is 28.1 Å². The second-order valence-electron chi connectivity index (χ2n) is 2.53. The fraction of sp³-hybridized carbons (Fsp3) is 0.200. The van der Waals surface area contributed by atoms with E-state index in [0.29, 0.717) is 5.33 Å². The molecule has 0 atom stereocenters. The molecule has 0 aliphatic rings.